The third-order valence-corrected chi connectivity index (χ3v) is 2.64. The molecule has 20 heavy (non-hydrogen) atoms. The van der Waals surface area contributed by atoms with Crippen LogP contribution in [0.3, 0.4) is 0 Å². The van der Waals surface area contributed by atoms with E-state index in [-0.39, 0.29) is 5.56 Å². The second kappa shape index (κ2) is 5.96. The average Bonchev–Trinajstić information content (AvgIpc) is 2.87. The van der Waals surface area contributed by atoms with Crippen LogP contribution in [0.25, 0.3) is 5.82 Å². The maximum Gasteiger partial charge on any atom is 0.344 e. The molecule has 0 unspecified atom stereocenters. The van der Waals surface area contributed by atoms with Gasteiger partial charge in [-0.2, -0.15) is 5.10 Å². The summed E-state index contributed by atoms with van der Waals surface area (Å²) < 4.78 is 10.7. The van der Waals surface area contributed by atoms with Gasteiger partial charge in [-0.3, -0.25) is 0 Å². The van der Waals surface area contributed by atoms with Crippen LogP contribution in [-0.4, -0.2) is 40.4 Å². The summed E-state index contributed by atoms with van der Waals surface area (Å²) in [5.74, 6) is -0.653. The van der Waals surface area contributed by atoms with Crippen LogP contribution >= 0.6 is 0 Å². The number of carbonyl (C=O) groups is 2. The number of rotatable bonds is 4. The minimum absolute atomic E-state index is 0.277. The van der Waals surface area contributed by atoms with E-state index in [2.05, 4.69) is 14.8 Å². The van der Waals surface area contributed by atoms with Crippen LogP contribution in [0.1, 0.15) is 16.1 Å². The predicted octanol–water partition coefficient (Wildman–Crippen LogP) is 0.906. The number of esters is 2. The minimum atomic E-state index is -0.630. The first-order valence-corrected chi connectivity index (χ1v) is 5.83. The second-order valence-corrected chi connectivity index (χ2v) is 3.90. The monoisotopic (exact) mass is 275 g/mol. The van der Waals surface area contributed by atoms with Gasteiger partial charge in [0.05, 0.1) is 19.0 Å². The highest BCUT2D eigenvalue weighted by atomic mass is 16.6. The van der Waals surface area contributed by atoms with Gasteiger partial charge in [0.2, 0.25) is 0 Å². The lowest BCUT2D eigenvalue weighted by Gasteiger charge is -2.04. The molecule has 2 aromatic heterocycles. The lowest BCUT2D eigenvalue weighted by molar-refractivity contribution is -0.144. The Hall–Kier alpha value is -2.70. The molecule has 7 nitrogen and oxygen atoms in total. The summed E-state index contributed by atoms with van der Waals surface area (Å²) in [6, 6.07) is 5.37. The lowest BCUT2D eigenvalue weighted by atomic mass is 10.2. The standard InChI is InChI=1S/C13H13N3O4/c1-9-10(13(18)20-8-12(17)19-2)7-15-16(9)11-5-3-4-6-14-11/h3-7H,8H2,1-2H3. The van der Waals surface area contributed by atoms with Crippen molar-refractivity contribution in [1.29, 1.82) is 0 Å². The zero-order valence-corrected chi connectivity index (χ0v) is 11.1. The first-order valence-electron chi connectivity index (χ1n) is 5.83. The first kappa shape index (κ1) is 13.7. The Morgan fingerprint density at radius 3 is 2.80 bits per heavy atom. The molecule has 0 fully saturated rings. The predicted molar refractivity (Wildman–Crippen MR) is 68.4 cm³/mol. The van der Waals surface area contributed by atoms with Gasteiger partial charge in [0.1, 0.15) is 5.56 Å². The summed E-state index contributed by atoms with van der Waals surface area (Å²) in [7, 11) is 1.22. The van der Waals surface area contributed by atoms with Crippen molar-refractivity contribution in [2.24, 2.45) is 0 Å². The summed E-state index contributed by atoms with van der Waals surface area (Å²) >= 11 is 0. The topological polar surface area (TPSA) is 83.3 Å². The van der Waals surface area contributed by atoms with Gasteiger partial charge in [0.25, 0.3) is 0 Å². The Morgan fingerprint density at radius 2 is 2.15 bits per heavy atom. The van der Waals surface area contributed by atoms with Crippen molar-refractivity contribution < 1.29 is 19.1 Å². The van der Waals surface area contributed by atoms with Gasteiger partial charge >= 0.3 is 11.9 Å². The van der Waals surface area contributed by atoms with E-state index in [4.69, 9.17) is 4.74 Å². The molecule has 0 N–H and O–H groups in total. The van der Waals surface area contributed by atoms with Crippen LogP contribution in [0, 0.1) is 6.92 Å². The van der Waals surface area contributed by atoms with Gasteiger partial charge in [0.15, 0.2) is 12.4 Å². The molecular formula is C13H13N3O4. The second-order valence-electron chi connectivity index (χ2n) is 3.90. The molecule has 0 bridgehead atoms. The minimum Gasteiger partial charge on any atom is -0.466 e. The van der Waals surface area contributed by atoms with E-state index in [1.54, 1.807) is 25.3 Å². The van der Waals surface area contributed by atoms with Gasteiger partial charge in [-0.25, -0.2) is 19.3 Å². The number of hydrogen-bond acceptors (Lipinski definition) is 6. The number of pyridine rings is 1. The Balaban J connectivity index is 2.17. The van der Waals surface area contributed by atoms with Crippen molar-refractivity contribution in [2.45, 2.75) is 6.92 Å². The molecular weight excluding hydrogens is 262 g/mol. The van der Waals surface area contributed by atoms with Crippen LogP contribution < -0.4 is 0 Å². The van der Waals surface area contributed by atoms with Crippen LogP contribution in [0.4, 0.5) is 0 Å². The number of nitrogens with zero attached hydrogens (tertiary/aromatic N) is 3. The fourth-order valence-electron chi connectivity index (χ4n) is 1.58. The van der Waals surface area contributed by atoms with E-state index in [0.717, 1.165) is 0 Å². The summed E-state index contributed by atoms with van der Waals surface area (Å²) in [4.78, 5) is 26.9. The number of carbonyl (C=O) groups excluding carboxylic acids is 2. The fourth-order valence-corrected chi connectivity index (χ4v) is 1.58. The molecule has 0 amide bonds. The Bertz CT molecular complexity index is 622. The third kappa shape index (κ3) is 2.82. The number of ether oxygens (including phenoxy) is 2. The van der Waals surface area contributed by atoms with Gasteiger partial charge in [-0.15, -0.1) is 0 Å². The van der Waals surface area contributed by atoms with E-state index in [1.807, 2.05) is 6.07 Å². The molecule has 0 aromatic carbocycles. The molecule has 0 saturated carbocycles. The van der Waals surface area contributed by atoms with Crippen molar-refractivity contribution in [2.75, 3.05) is 13.7 Å². The Morgan fingerprint density at radius 1 is 1.35 bits per heavy atom. The fraction of sp³-hybridized carbons (Fsp3) is 0.231. The summed E-state index contributed by atoms with van der Waals surface area (Å²) in [6.45, 7) is 1.29. The highest BCUT2D eigenvalue weighted by molar-refractivity contribution is 5.91. The van der Waals surface area contributed by atoms with Gasteiger partial charge < -0.3 is 9.47 Å². The zero-order chi connectivity index (χ0) is 14.5. The van der Waals surface area contributed by atoms with E-state index < -0.39 is 18.5 Å². The molecule has 0 aliphatic rings. The van der Waals surface area contributed by atoms with Crippen molar-refractivity contribution in [1.82, 2.24) is 14.8 Å². The molecule has 2 aromatic rings. The van der Waals surface area contributed by atoms with E-state index in [0.29, 0.717) is 11.5 Å². The van der Waals surface area contributed by atoms with E-state index in [1.165, 1.54) is 18.0 Å². The molecule has 2 rings (SSSR count). The van der Waals surface area contributed by atoms with Crippen LogP contribution in [-0.2, 0) is 14.3 Å². The molecule has 0 aliphatic carbocycles. The molecule has 2 heterocycles. The molecule has 0 spiro atoms. The maximum absolute atomic E-state index is 11.8. The molecule has 0 radical (unpaired) electrons. The summed E-state index contributed by atoms with van der Waals surface area (Å²) in [5, 5.41) is 4.09. The SMILES string of the molecule is COC(=O)COC(=O)c1cnn(-c2ccccn2)c1C. The molecule has 7 heteroatoms. The van der Waals surface area contributed by atoms with Crippen molar-refractivity contribution in [3.63, 3.8) is 0 Å². The first-order chi connectivity index (χ1) is 9.63. The lowest BCUT2D eigenvalue weighted by Crippen LogP contribution is -2.15. The number of hydrogen-bond donors (Lipinski definition) is 0. The summed E-state index contributed by atoms with van der Waals surface area (Å²) in [6.07, 6.45) is 3.01. The van der Waals surface area contributed by atoms with Crippen molar-refractivity contribution in [3.05, 3.63) is 41.9 Å². The van der Waals surface area contributed by atoms with Gasteiger partial charge in [0, 0.05) is 6.20 Å². The zero-order valence-electron chi connectivity index (χ0n) is 11.1. The quantitative estimate of drug-likeness (QED) is 0.771. The Labute approximate surface area is 115 Å². The van der Waals surface area contributed by atoms with Crippen LogP contribution in [0.15, 0.2) is 30.6 Å². The van der Waals surface area contributed by atoms with Crippen LogP contribution in [0.2, 0.25) is 0 Å². The third-order valence-electron chi connectivity index (χ3n) is 2.64. The van der Waals surface area contributed by atoms with Crippen LogP contribution in [0.5, 0.6) is 0 Å². The Kier molecular flexibility index (Phi) is 4.09. The molecule has 0 saturated heterocycles. The highest BCUT2D eigenvalue weighted by Gasteiger charge is 2.18. The van der Waals surface area contributed by atoms with Crippen molar-refractivity contribution in [3.8, 4) is 5.82 Å². The normalized spacial score (nSPS) is 10.1. The van der Waals surface area contributed by atoms with E-state index in [9.17, 15) is 9.59 Å². The average molecular weight is 275 g/mol. The molecule has 104 valence electrons. The smallest absolute Gasteiger partial charge is 0.344 e. The summed E-state index contributed by atoms with van der Waals surface area (Å²) in [5.41, 5.74) is 0.859. The van der Waals surface area contributed by atoms with Gasteiger partial charge in [-0.1, -0.05) is 6.07 Å². The molecule has 0 atom stereocenters. The highest BCUT2D eigenvalue weighted by Crippen LogP contribution is 2.13. The molecule has 0 aliphatic heterocycles. The number of methoxy groups -OCH3 is 1. The number of aromatic nitrogens is 3. The van der Waals surface area contributed by atoms with Gasteiger partial charge in [-0.05, 0) is 19.1 Å². The van der Waals surface area contributed by atoms with Crippen molar-refractivity contribution >= 4 is 11.9 Å². The maximum atomic E-state index is 11.8. The van der Waals surface area contributed by atoms with E-state index >= 15 is 0 Å². The largest absolute Gasteiger partial charge is 0.466 e.